The Labute approximate surface area is 218 Å². The van der Waals surface area contributed by atoms with E-state index in [1.54, 1.807) is 0 Å². The molecule has 182 valence electrons. The Kier molecular flexibility index (Phi) is 7.43. The van der Waals surface area contributed by atoms with Crippen LogP contribution in [0.25, 0.3) is 10.8 Å². The average molecular weight is 494 g/mol. The summed E-state index contributed by atoms with van der Waals surface area (Å²) in [7, 11) is 0. The van der Waals surface area contributed by atoms with Crippen molar-refractivity contribution in [1.29, 1.82) is 0 Å². The highest BCUT2D eigenvalue weighted by atomic mass is 32.1. The monoisotopic (exact) mass is 493 g/mol. The quantitative estimate of drug-likeness (QED) is 0.194. The van der Waals surface area contributed by atoms with Gasteiger partial charge in [0.05, 0.1) is 18.0 Å². The van der Waals surface area contributed by atoms with Crippen LogP contribution >= 0.6 is 12.2 Å². The Bertz CT molecular complexity index is 1310. The summed E-state index contributed by atoms with van der Waals surface area (Å²) in [4.78, 5) is 15.9. The lowest BCUT2D eigenvalue weighted by molar-refractivity contribution is -0.143. The van der Waals surface area contributed by atoms with Crippen LogP contribution < -0.4 is 0 Å². The van der Waals surface area contributed by atoms with E-state index in [1.807, 2.05) is 19.1 Å². The van der Waals surface area contributed by atoms with E-state index in [4.69, 9.17) is 17.0 Å². The standard InChI is InChI=1S/C32H31NO2S/c1-2-35-31(34)20-29-27-18-17-25-15-9-10-16-26(25)28(27)19-30(29)32(36)33(21-23-11-5-3-6-12-23)22-24-13-7-4-8-14-24/h3-18,29-30H,2,19-22H2,1H3/t29-,30-/m1/s1. The van der Waals surface area contributed by atoms with Gasteiger partial charge in [-0.25, -0.2) is 0 Å². The molecule has 4 heteroatoms. The Morgan fingerprint density at radius 3 is 2.11 bits per heavy atom. The highest BCUT2D eigenvalue weighted by molar-refractivity contribution is 7.80. The third kappa shape index (κ3) is 5.19. The Hall–Kier alpha value is -3.50. The SMILES string of the molecule is CCOC(=O)C[C@@H]1c2ccc3ccccc3c2C[C@H]1C(=S)N(Cc1ccccc1)Cc1ccccc1. The highest BCUT2D eigenvalue weighted by Crippen LogP contribution is 2.45. The molecule has 0 saturated heterocycles. The van der Waals surface area contributed by atoms with Crippen LogP contribution in [0.4, 0.5) is 0 Å². The number of thiocarbonyl (C=S) groups is 1. The minimum Gasteiger partial charge on any atom is -0.466 e. The third-order valence-electron chi connectivity index (χ3n) is 7.14. The number of rotatable bonds is 8. The fourth-order valence-corrected chi connectivity index (χ4v) is 5.85. The van der Waals surface area contributed by atoms with Crippen LogP contribution in [0.2, 0.25) is 0 Å². The summed E-state index contributed by atoms with van der Waals surface area (Å²) in [5.74, 6) is -0.100. The van der Waals surface area contributed by atoms with Crippen molar-refractivity contribution in [1.82, 2.24) is 4.90 Å². The number of nitrogens with zero attached hydrogens (tertiary/aromatic N) is 1. The van der Waals surface area contributed by atoms with Crippen LogP contribution in [0.5, 0.6) is 0 Å². The first-order chi connectivity index (χ1) is 17.6. The van der Waals surface area contributed by atoms with Gasteiger partial charge in [-0.05, 0) is 46.4 Å². The van der Waals surface area contributed by atoms with E-state index >= 15 is 0 Å². The number of hydrogen-bond donors (Lipinski definition) is 0. The molecule has 0 aliphatic heterocycles. The number of ether oxygens (including phenoxy) is 1. The summed E-state index contributed by atoms with van der Waals surface area (Å²) in [5, 5.41) is 2.48. The minimum atomic E-state index is -0.158. The second kappa shape index (κ2) is 11.0. The molecule has 1 aliphatic rings. The number of carbonyl (C=O) groups is 1. The van der Waals surface area contributed by atoms with Gasteiger partial charge < -0.3 is 9.64 Å². The Morgan fingerprint density at radius 2 is 1.47 bits per heavy atom. The molecule has 0 radical (unpaired) electrons. The van der Waals surface area contributed by atoms with Gasteiger partial charge in [-0.2, -0.15) is 0 Å². The molecular formula is C32H31NO2S. The van der Waals surface area contributed by atoms with Crippen molar-refractivity contribution in [2.24, 2.45) is 5.92 Å². The topological polar surface area (TPSA) is 29.5 Å². The maximum atomic E-state index is 12.7. The van der Waals surface area contributed by atoms with Crippen molar-refractivity contribution in [3.8, 4) is 0 Å². The molecule has 0 bridgehead atoms. The van der Waals surface area contributed by atoms with Gasteiger partial charge in [0.25, 0.3) is 0 Å². The number of fused-ring (bicyclic) bond motifs is 3. The van der Waals surface area contributed by atoms with Gasteiger partial charge in [-0.1, -0.05) is 109 Å². The molecule has 36 heavy (non-hydrogen) atoms. The molecule has 1 aliphatic carbocycles. The van der Waals surface area contributed by atoms with Crippen molar-refractivity contribution >= 4 is 33.9 Å². The van der Waals surface area contributed by atoms with Crippen LogP contribution in [-0.4, -0.2) is 22.5 Å². The summed E-state index contributed by atoms with van der Waals surface area (Å²) in [6, 6.07) is 33.8. The molecule has 0 aromatic heterocycles. The first-order valence-corrected chi connectivity index (χ1v) is 13.1. The van der Waals surface area contributed by atoms with E-state index in [9.17, 15) is 4.79 Å². The fourth-order valence-electron chi connectivity index (χ4n) is 5.47. The summed E-state index contributed by atoms with van der Waals surface area (Å²) >= 11 is 6.27. The zero-order valence-electron chi connectivity index (χ0n) is 20.6. The van der Waals surface area contributed by atoms with E-state index in [2.05, 4.69) is 89.8 Å². The van der Waals surface area contributed by atoms with Gasteiger partial charge in [0.1, 0.15) is 0 Å². The van der Waals surface area contributed by atoms with Gasteiger partial charge >= 0.3 is 5.97 Å². The van der Waals surface area contributed by atoms with Crippen molar-refractivity contribution in [3.63, 3.8) is 0 Å². The molecule has 0 saturated carbocycles. The van der Waals surface area contributed by atoms with E-state index < -0.39 is 0 Å². The predicted octanol–water partition coefficient (Wildman–Crippen LogP) is 7.08. The summed E-state index contributed by atoms with van der Waals surface area (Å²) in [6.45, 7) is 3.71. The van der Waals surface area contributed by atoms with Crippen LogP contribution in [0, 0.1) is 5.92 Å². The van der Waals surface area contributed by atoms with E-state index in [0.717, 1.165) is 24.5 Å². The second-order valence-electron chi connectivity index (χ2n) is 9.45. The van der Waals surface area contributed by atoms with Gasteiger partial charge in [-0.3, -0.25) is 4.79 Å². The molecule has 0 spiro atoms. The van der Waals surface area contributed by atoms with Crippen LogP contribution in [0.3, 0.4) is 0 Å². The number of esters is 1. The minimum absolute atomic E-state index is 0.00482. The lowest BCUT2D eigenvalue weighted by atomic mass is 9.88. The molecule has 2 atom stereocenters. The molecule has 5 rings (SSSR count). The van der Waals surface area contributed by atoms with Gasteiger partial charge in [-0.15, -0.1) is 0 Å². The Morgan fingerprint density at radius 1 is 0.861 bits per heavy atom. The lowest BCUT2D eigenvalue weighted by Crippen LogP contribution is -2.36. The second-order valence-corrected chi connectivity index (χ2v) is 9.86. The summed E-state index contributed by atoms with van der Waals surface area (Å²) in [6.07, 6.45) is 1.17. The fraction of sp³-hybridized carbons (Fsp3) is 0.250. The van der Waals surface area contributed by atoms with Crippen molar-refractivity contribution in [3.05, 3.63) is 119 Å². The van der Waals surface area contributed by atoms with Gasteiger partial charge in [0.2, 0.25) is 0 Å². The zero-order chi connectivity index (χ0) is 24.9. The van der Waals surface area contributed by atoms with Crippen LogP contribution in [0.1, 0.15) is 41.5 Å². The maximum absolute atomic E-state index is 12.7. The molecule has 0 unspecified atom stereocenters. The van der Waals surface area contributed by atoms with Crippen molar-refractivity contribution in [2.75, 3.05) is 6.61 Å². The van der Waals surface area contributed by atoms with Gasteiger partial charge in [0, 0.05) is 24.9 Å². The first-order valence-electron chi connectivity index (χ1n) is 12.7. The van der Waals surface area contributed by atoms with E-state index in [1.165, 1.54) is 33.0 Å². The molecule has 4 aromatic carbocycles. The number of hydrogen-bond acceptors (Lipinski definition) is 3. The van der Waals surface area contributed by atoms with Crippen LogP contribution in [-0.2, 0) is 29.0 Å². The van der Waals surface area contributed by atoms with Crippen molar-refractivity contribution in [2.45, 2.75) is 38.8 Å². The molecule has 3 nitrogen and oxygen atoms in total. The molecule has 0 N–H and O–H groups in total. The number of benzene rings is 4. The van der Waals surface area contributed by atoms with E-state index in [0.29, 0.717) is 13.0 Å². The smallest absolute Gasteiger partial charge is 0.306 e. The largest absolute Gasteiger partial charge is 0.466 e. The lowest BCUT2D eigenvalue weighted by Gasteiger charge is -2.31. The van der Waals surface area contributed by atoms with E-state index in [-0.39, 0.29) is 17.8 Å². The molecule has 0 amide bonds. The predicted molar refractivity (Wildman–Crippen MR) is 150 cm³/mol. The first kappa shape index (κ1) is 24.2. The number of carbonyl (C=O) groups excluding carboxylic acids is 1. The summed E-state index contributed by atoms with van der Waals surface area (Å²) in [5.41, 5.74) is 4.99. The molecule has 0 fully saturated rings. The Balaban J connectivity index is 1.51. The molecule has 0 heterocycles. The maximum Gasteiger partial charge on any atom is 0.306 e. The molecule has 4 aromatic rings. The van der Waals surface area contributed by atoms with Crippen molar-refractivity contribution < 1.29 is 9.53 Å². The zero-order valence-corrected chi connectivity index (χ0v) is 21.4. The van der Waals surface area contributed by atoms with Gasteiger partial charge in [0.15, 0.2) is 0 Å². The molecular weight excluding hydrogens is 462 g/mol. The normalized spacial score (nSPS) is 16.5. The highest BCUT2D eigenvalue weighted by Gasteiger charge is 2.39. The average Bonchev–Trinajstić information content (AvgIpc) is 3.28. The summed E-state index contributed by atoms with van der Waals surface area (Å²) < 4.78 is 5.39. The van der Waals surface area contributed by atoms with Crippen LogP contribution in [0.15, 0.2) is 97.1 Å². The third-order valence-corrected chi connectivity index (χ3v) is 7.70.